The fourth-order valence-electron chi connectivity index (χ4n) is 2.86. The number of hydrogen-bond donors (Lipinski definition) is 2. The van der Waals surface area contributed by atoms with Crippen molar-refractivity contribution in [1.82, 2.24) is 4.90 Å². The summed E-state index contributed by atoms with van der Waals surface area (Å²) in [6, 6.07) is 1.23. The quantitative estimate of drug-likeness (QED) is 0.738. The fourth-order valence-corrected chi connectivity index (χ4v) is 3.92. The fraction of sp³-hybridized carbons (Fsp3) is 0.533. The van der Waals surface area contributed by atoms with E-state index in [4.69, 9.17) is 16.2 Å². The second-order valence-corrected chi connectivity index (χ2v) is 7.85. The van der Waals surface area contributed by atoms with Gasteiger partial charge < -0.3 is 16.2 Å². The number of carbonyl (C=O) groups is 1. The van der Waals surface area contributed by atoms with Crippen molar-refractivity contribution in [3.8, 4) is 5.75 Å². The maximum absolute atomic E-state index is 12.3. The molecular formula is C15H23N3O4S. The van der Waals surface area contributed by atoms with E-state index < -0.39 is 15.7 Å². The molecule has 23 heavy (non-hydrogen) atoms. The van der Waals surface area contributed by atoms with Gasteiger partial charge in [-0.2, -0.15) is 0 Å². The van der Waals surface area contributed by atoms with Crippen molar-refractivity contribution < 1.29 is 17.9 Å². The minimum absolute atomic E-state index is 0.0444. The molecule has 0 radical (unpaired) electrons. The summed E-state index contributed by atoms with van der Waals surface area (Å²) in [5.41, 5.74) is 12.2. The molecule has 0 aliphatic carbocycles. The van der Waals surface area contributed by atoms with Gasteiger partial charge in [0, 0.05) is 12.1 Å². The largest absolute Gasteiger partial charge is 0.495 e. The van der Waals surface area contributed by atoms with Gasteiger partial charge in [0.2, 0.25) is 0 Å². The van der Waals surface area contributed by atoms with Crippen LogP contribution in [0.2, 0.25) is 0 Å². The molecule has 2 rings (SSSR count). The van der Waals surface area contributed by atoms with E-state index in [1.807, 2.05) is 0 Å². The molecule has 1 saturated heterocycles. The molecule has 1 fully saturated rings. The molecule has 4 N–H and O–H groups in total. The molecule has 0 aromatic heterocycles. The predicted molar refractivity (Wildman–Crippen MR) is 88.2 cm³/mol. The highest BCUT2D eigenvalue weighted by atomic mass is 32.2. The number of nitrogens with zero attached hydrogens (tertiary/aromatic N) is 1. The van der Waals surface area contributed by atoms with Gasteiger partial charge in [-0.3, -0.25) is 9.69 Å². The lowest BCUT2D eigenvalue weighted by Gasteiger charge is -2.22. The minimum atomic E-state index is -3.57. The van der Waals surface area contributed by atoms with Crippen molar-refractivity contribution in [2.24, 2.45) is 5.73 Å². The van der Waals surface area contributed by atoms with Gasteiger partial charge in [0.05, 0.1) is 29.0 Å². The highest BCUT2D eigenvalue weighted by Gasteiger charge is 2.27. The van der Waals surface area contributed by atoms with Crippen molar-refractivity contribution in [2.75, 3.05) is 31.7 Å². The lowest BCUT2D eigenvalue weighted by atomic mass is 10.1. The standard InChI is InChI=1S/C15H23N3O4S/c1-3-23(20,21)12-8-10(15(17)19)14(22-2)11(13(12)16)9-18-6-4-5-7-18/h8H,3-7,9,16H2,1-2H3,(H2,17,19). The number of benzene rings is 1. The van der Waals surface area contributed by atoms with Gasteiger partial charge in [-0.25, -0.2) is 8.42 Å². The first-order chi connectivity index (χ1) is 10.8. The number of primary amides is 1. The molecule has 1 aliphatic rings. The minimum Gasteiger partial charge on any atom is -0.495 e. The number of sulfone groups is 1. The Morgan fingerprint density at radius 1 is 1.35 bits per heavy atom. The number of likely N-dealkylation sites (tertiary alicyclic amines) is 1. The van der Waals surface area contributed by atoms with E-state index >= 15 is 0 Å². The number of ether oxygens (including phenoxy) is 1. The molecular weight excluding hydrogens is 318 g/mol. The maximum atomic E-state index is 12.3. The van der Waals surface area contributed by atoms with Crippen LogP contribution >= 0.6 is 0 Å². The van der Waals surface area contributed by atoms with E-state index in [1.54, 1.807) is 0 Å². The summed E-state index contributed by atoms with van der Waals surface area (Å²) in [4.78, 5) is 13.8. The highest BCUT2D eigenvalue weighted by Crippen LogP contribution is 2.36. The molecule has 128 valence electrons. The van der Waals surface area contributed by atoms with E-state index in [9.17, 15) is 13.2 Å². The Morgan fingerprint density at radius 2 is 1.96 bits per heavy atom. The molecule has 1 aliphatic heterocycles. The predicted octanol–water partition coefficient (Wildman–Crippen LogP) is 0.766. The molecule has 1 heterocycles. The average molecular weight is 341 g/mol. The van der Waals surface area contributed by atoms with E-state index in [0.29, 0.717) is 12.1 Å². The normalized spacial score (nSPS) is 15.7. The monoisotopic (exact) mass is 341 g/mol. The first kappa shape index (κ1) is 17.6. The van der Waals surface area contributed by atoms with Crippen LogP contribution in [-0.4, -0.2) is 45.2 Å². The summed E-state index contributed by atoms with van der Waals surface area (Å²) in [5.74, 6) is -0.584. The van der Waals surface area contributed by atoms with Crippen molar-refractivity contribution in [1.29, 1.82) is 0 Å². The summed E-state index contributed by atoms with van der Waals surface area (Å²) in [5, 5.41) is 0. The number of nitrogens with two attached hydrogens (primary N) is 2. The first-order valence-corrected chi connectivity index (χ1v) is 9.21. The van der Waals surface area contributed by atoms with Crippen LogP contribution in [0.1, 0.15) is 35.7 Å². The van der Waals surface area contributed by atoms with Crippen LogP contribution in [0, 0.1) is 0 Å². The Morgan fingerprint density at radius 3 is 2.43 bits per heavy atom. The molecule has 7 nitrogen and oxygen atoms in total. The zero-order valence-corrected chi connectivity index (χ0v) is 14.3. The lowest BCUT2D eigenvalue weighted by Crippen LogP contribution is -2.23. The second-order valence-electron chi connectivity index (χ2n) is 5.60. The summed E-state index contributed by atoms with van der Waals surface area (Å²) >= 11 is 0. The van der Waals surface area contributed by atoms with Crippen molar-refractivity contribution in [3.05, 3.63) is 17.2 Å². The number of hydrogen-bond acceptors (Lipinski definition) is 6. The molecule has 0 unspecified atom stereocenters. The molecule has 0 spiro atoms. The Hall–Kier alpha value is -1.80. The van der Waals surface area contributed by atoms with Crippen LogP contribution in [0.25, 0.3) is 0 Å². The zero-order valence-electron chi connectivity index (χ0n) is 13.5. The highest BCUT2D eigenvalue weighted by molar-refractivity contribution is 7.91. The topological polar surface area (TPSA) is 116 Å². The van der Waals surface area contributed by atoms with Gasteiger partial charge in [-0.1, -0.05) is 6.92 Å². The number of amides is 1. The van der Waals surface area contributed by atoms with Crippen LogP contribution in [0.5, 0.6) is 5.75 Å². The summed E-state index contributed by atoms with van der Waals surface area (Å²) in [7, 11) is -2.15. The first-order valence-electron chi connectivity index (χ1n) is 7.56. The van der Waals surface area contributed by atoms with E-state index in [2.05, 4.69) is 4.90 Å². The van der Waals surface area contributed by atoms with Gasteiger partial charge in [0.25, 0.3) is 5.91 Å². The van der Waals surface area contributed by atoms with E-state index in [0.717, 1.165) is 25.9 Å². The van der Waals surface area contributed by atoms with Gasteiger partial charge in [0.1, 0.15) is 5.75 Å². The van der Waals surface area contributed by atoms with Crippen LogP contribution < -0.4 is 16.2 Å². The van der Waals surface area contributed by atoms with Crippen molar-refractivity contribution in [3.63, 3.8) is 0 Å². The Kier molecular flexibility index (Phi) is 5.16. The third-order valence-corrected chi connectivity index (χ3v) is 5.92. The van der Waals surface area contributed by atoms with Crippen LogP contribution in [0.15, 0.2) is 11.0 Å². The molecule has 1 amide bonds. The van der Waals surface area contributed by atoms with E-state index in [-0.39, 0.29) is 27.6 Å². The lowest BCUT2D eigenvalue weighted by molar-refractivity contribution is 0.0997. The van der Waals surface area contributed by atoms with Gasteiger partial charge >= 0.3 is 0 Å². The third-order valence-electron chi connectivity index (χ3n) is 4.15. The van der Waals surface area contributed by atoms with Crippen LogP contribution in [0.4, 0.5) is 5.69 Å². The van der Waals surface area contributed by atoms with E-state index in [1.165, 1.54) is 20.1 Å². The molecule has 1 aromatic carbocycles. The Labute approximate surface area is 136 Å². The van der Waals surface area contributed by atoms with Gasteiger partial charge in [-0.15, -0.1) is 0 Å². The molecule has 1 aromatic rings. The Balaban J connectivity index is 2.67. The molecule has 0 saturated carbocycles. The van der Waals surface area contributed by atoms with Gasteiger partial charge in [-0.05, 0) is 32.0 Å². The van der Waals surface area contributed by atoms with Gasteiger partial charge in [0.15, 0.2) is 9.84 Å². The number of nitrogen functional groups attached to an aromatic ring is 1. The SMILES string of the molecule is CCS(=O)(=O)c1cc(C(N)=O)c(OC)c(CN2CCCC2)c1N. The Bertz CT molecular complexity index is 710. The summed E-state index contributed by atoms with van der Waals surface area (Å²) in [6.07, 6.45) is 2.16. The van der Waals surface area contributed by atoms with Crippen molar-refractivity contribution in [2.45, 2.75) is 31.2 Å². The smallest absolute Gasteiger partial charge is 0.252 e. The summed E-state index contributed by atoms with van der Waals surface area (Å²) < 4.78 is 29.9. The van der Waals surface area contributed by atoms with Crippen molar-refractivity contribution >= 4 is 21.4 Å². The maximum Gasteiger partial charge on any atom is 0.252 e. The molecule has 8 heteroatoms. The van der Waals surface area contributed by atoms with Crippen LogP contribution in [0.3, 0.4) is 0 Å². The number of rotatable bonds is 6. The average Bonchev–Trinajstić information content (AvgIpc) is 3.01. The second kappa shape index (κ2) is 6.76. The number of carbonyl (C=O) groups excluding carboxylic acids is 1. The number of methoxy groups -OCH3 is 1. The molecule has 0 atom stereocenters. The van der Waals surface area contributed by atoms with Crippen LogP contribution in [-0.2, 0) is 16.4 Å². The molecule has 0 bridgehead atoms. The third kappa shape index (κ3) is 3.42. The summed E-state index contributed by atoms with van der Waals surface area (Å²) in [6.45, 7) is 3.77. The zero-order chi connectivity index (χ0) is 17.2. The number of anilines is 1.